The summed E-state index contributed by atoms with van der Waals surface area (Å²) in [4.78, 5) is 11.9. The molecule has 0 spiro atoms. The Hall–Kier alpha value is -1.16. The zero-order chi connectivity index (χ0) is 10.4. The molecular formula is C10H13NO2S. The zero-order valence-corrected chi connectivity index (χ0v) is 9.06. The van der Waals surface area contributed by atoms with E-state index < -0.39 is 0 Å². The summed E-state index contributed by atoms with van der Waals surface area (Å²) in [6, 6.07) is 7.89. The summed E-state index contributed by atoms with van der Waals surface area (Å²) in [7, 11) is 3.27. The van der Waals surface area contributed by atoms with Crippen LogP contribution in [0.2, 0.25) is 0 Å². The second-order valence-corrected chi connectivity index (χ2v) is 3.69. The van der Waals surface area contributed by atoms with Crippen LogP contribution in [0.1, 0.15) is 0 Å². The van der Waals surface area contributed by atoms with Crippen LogP contribution in [0.15, 0.2) is 29.2 Å². The molecule has 0 aromatic heterocycles. The van der Waals surface area contributed by atoms with Crippen molar-refractivity contribution in [2.75, 3.05) is 25.2 Å². The van der Waals surface area contributed by atoms with Gasteiger partial charge < -0.3 is 10.1 Å². The first-order valence-corrected chi connectivity index (χ1v) is 5.22. The van der Waals surface area contributed by atoms with E-state index in [0.29, 0.717) is 5.75 Å². The molecule has 1 N–H and O–H groups in total. The van der Waals surface area contributed by atoms with Gasteiger partial charge in [-0.1, -0.05) is 0 Å². The largest absolute Gasteiger partial charge is 0.468 e. The third-order valence-corrected chi connectivity index (χ3v) is 2.71. The topological polar surface area (TPSA) is 38.3 Å². The summed E-state index contributed by atoms with van der Waals surface area (Å²) in [6.07, 6.45) is 0. The van der Waals surface area contributed by atoms with Crippen molar-refractivity contribution in [1.29, 1.82) is 0 Å². The lowest BCUT2D eigenvalue weighted by atomic mass is 10.3. The summed E-state index contributed by atoms with van der Waals surface area (Å²) in [6.45, 7) is 0. The Bertz CT molecular complexity index is 297. The first kappa shape index (κ1) is 10.9. The van der Waals surface area contributed by atoms with Crippen molar-refractivity contribution in [3.8, 4) is 0 Å². The van der Waals surface area contributed by atoms with Crippen LogP contribution < -0.4 is 5.32 Å². The molecule has 0 aliphatic rings. The quantitative estimate of drug-likeness (QED) is 0.610. The smallest absolute Gasteiger partial charge is 0.315 e. The van der Waals surface area contributed by atoms with Crippen LogP contribution in [0.25, 0.3) is 0 Å². The van der Waals surface area contributed by atoms with E-state index in [-0.39, 0.29) is 5.97 Å². The molecule has 0 bridgehead atoms. The van der Waals surface area contributed by atoms with Gasteiger partial charge in [0.25, 0.3) is 0 Å². The van der Waals surface area contributed by atoms with Gasteiger partial charge in [-0.25, -0.2) is 0 Å². The van der Waals surface area contributed by atoms with Crippen molar-refractivity contribution in [1.82, 2.24) is 0 Å². The first-order valence-electron chi connectivity index (χ1n) is 4.23. The summed E-state index contributed by atoms with van der Waals surface area (Å²) in [5.41, 5.74) is 1.06. The second kappa shape index (κ2) is 5.54. The van der Waals surface area contributed by atoms with Gasteiger partial charge in [-0.2, -0.15) is 0 Å². The van der Waals surface area contributed by atoms with E-state index in [2.05, 4.69) is 10.1 Å². The van der Waals surface area contributed by atoms with Crippen molar-refractivity contribution >= 4 is 23.4 Å². The van der Waals surface area contributed by atoms with E-state index in [9.17, 15) is 4.79 Å². The maximum atomic E-state index is 10.9. The van der Waals surface area contributed by atoms with Crippen molar-refractivity contribution in [2.45, 2.75) is 4.90 Å². The van der Waals surface area contributed by atoms with Crippen LogP contribution in [-0.4, -0.2) is 25.9 Å². The van der Waals surface area contributed by atoms with Gasteiger partial charge in [0.1, 0.15) is 0 Å². The lowest BCUT2D eigenvalue weighted by molar-refractivity contribution is -0.137. The number of methoxy groups -OCH3 is 1. The summed E-state index contributed by atoms with van der Waals surface area (Å²) >= 11 is 1.47. The van der Waals surface area contributed by atoms with Gasteiger partial charge in [-0.15, -0.1) is 11.8 Å². The molecule has 0 aliphatic carbocycles. The van der Waals surface area contributed by atoms with Crippen molar-refractivity contribution in [3.05, 3.63) is 24.3 Å². The molecule has 0 saturated heterocycles. The number of nitrogens with one attached hydrogen (secondary N) is 1. The summed E-state index contributed by atoms with van der Waals surface area (Å²) < 4.78 is 4.54. The van der Waals surface area contributed by atoms with Gasteiger partial charge in [0, 0.05) is 17.6 Å². The number of rotatable bonds is 4. The number of carbonyl (C=O) groups is 1. The van der Waals surface area contributed by atoms with Gasteiger partial charge >= 0.3 is 5.97 Å². The van der Waals surface area contributed by atoms with Crippen LogP contribution in [0, 0.1) is 0 Å². The number of hydrogen-bond donors (Lipinski definition) is 1. The van der Waals surface area contributed by atoms with Crippen LogP contribution in [-0.2, 0) is 9.53 Å². The lowest BCUT2D eigenvalue weighted by Crippen LogP contribution is -2.02. The highest BCUT2D eigenvalue weighted by Gasteiger charge is 2.01. The number of ether oxygens (including phenoxy) is 1. The highest BCUT2D eigenvalue weighted by molar-refractivity contribution is 8.00. The van der Waals surface area contributed by atoms with Crippen LogP contribution in [0.3, 0.4) is 0 Å². The van der Waals surface area contributed by atoms with Gasteiger partial charge in [-0.05, 0) is 24.3 Å². The Morgan fingerprint density at radius 1 is 1.43 bits per heavy atom. The molecule has 0 radical (unpaired) electrons. The molecule has 0 heterocycles. The molecule has 0 saturated carbocycles. The van der Waals surface area contributed by atoms with E-state index in [1.54, 1.807) is 0 Å². The predicted octanol–water partition coefficient (Wildman–Crippen LogP) is 1.99. The van der Waals surface area contributed by atoms with Crippen LogP contribution >= 0.6 is 11.8 Å². The Kier molecular flexibility index (Phi) is 4.32. The molecule has 0 aliphatic heterocycles. The Morgan fingerprint density at radius 3 is 2.57 bits per heavy atom. The molecule has 0 atom stereocenters. The number of anilines is 1. The Morgan fingerprint density at radius 2 is 2.07 bits per heavy atom. The molecule has 1 rings (SSSR count). The number of benzene rings is 1. The summed E-state index contributed by atoms with van der Waals surface area (Å²) in [5.74, 6) is 0.155. The maximum absolute atomic E-state index is 10.9. The highest BCUT2D eigenvalue weighted by atomic mass is 32.2. The third kappa shape index (κ3) is 3.30. The highest BCUT2D eigenvalue weighted by Crippen LogP contribution is 2.19. The fraction of sp³-hybridized carbons (Fsp3) is 0.300. The standard InChI is InChI=1S/C10H13NO2S/c1-11-8-3-5-9(6-4-8)14-7-10(12)13-2/h3-6,11H,7H2,1-2H3. The molecule has 4 heteroatoms. The second-order valence-electron chi connectivity index (χ2n) is 2.64. The fourth-order valence-corrected chi connectivity index (χ4v) is 1.65. The number of hydrogen-bond acceptors (Lipinski definition) is 4. The minimum atomic E-state index is -0.201. The molecule has 14 heavy (non-hydrogen) atoms. The average molecular weight is 211 g/mol. The summed E-state index contributed by atoms with van der Waals surface area (Å²) in [5, 5.41) is 3.03. The Labute approximate surface area is 87.8 Å². The number of esters is 1. The van der Waals surface area contributed by atoms with Crippen LogP contribution in [0.5, 0.6) is 0 Å². The third-order valence-electron chi connectivity index (χ3n) is 1.73. The van der Waals surface area contributed by atoms with Crippen molar-refractivity contribution in [2.24, 2.45) is 0 Å². The van der Waals surface area contributed by atoms with Gasteiger partial charge in [0.05, 0.1) is 12.9 Å². The van der Waals surface area contributed by atoms with E-state index in [1.165, 1.54) is 18.9 Å². The molecule has 1 aromatic rings. The molecule has 3 nitrogen and oxygen atoms in total. The van der Waals surface area contributed by atoms with E-state index in [0.717, 1.165) is 10.6 Å². The zero-order valence-electron chi connectivity index (χ0n) is 8.24. The van der Waals surface area contributed by atoms with Crippen molar-refractivity contribution < 1.29 is 9.53 Å². The average Bonchev–Trinajstić information content (AvgIpc) is 2.26. The van der Waals surface area contributed by atoms with Gasteiger partial charge in [0.2, 0.25) is 0 Å². The molecule has 0 amide bonds. The normalized spacial score (nSPS) is 9.57. The first-order chi connectivity index (χ1) is 6.76. The monoisotopic (exact) mass is 211 g/mol. The number of thioether (sulfide) groups is 1. The van der Waals surface area contributed by atoms with Gasteiger partial charge in [-0.3, -0.25) is 4.79 Å². The Balaban J connectivity index is 2.47. The van der Waals surface area contributed by atoms with Crippen molar-refractivity contribution in [3.63, 3.8) is 0 Å². The fourth-order valence-electron chi connectivity index (χ4n) is 0.919. The molecule has 0 unspecified atom stereocenters. The number of carbonyl (C=O) groups excluding carboxylic acids is 1. The molecule has 76 valence electrons. The lowest BCUT2D eigenvalue weighted by Gasteiger charge is -2.02. The molecule has 1 aromatic carbocycles. The maximum Gasteiger partial charge on any atom is 0.315 e. The van der Waals surface area contributed by atoms with Crippen LogP contribution in [0.4, 0.5) is 5.69 Å². The van der Waals surface area contributed by atoms with Gasteiger partial charge in [0.15, 0.2) is 0 Å². The predicted molar refractivity (Wildman–Crippen MR) is 58.7 cm³/mol. The SMILES string of the molecule is CNc1ccc(SCC(=O)OC)cc1. The minimum Gasteiger partial charge on any atom is -0.468 e. The minimum absolute atomic E-state index is 0.201. The molecule has 0 fully saturated rings. The molecular weight excluding hydrogens is 198 g/mol. The van der Waals surface area contributed by atoms with E-state index in [1.807, 2.05) is 31.3 Å². The van der Waals surface area contributed by atoms with E-state index in [4.69, 9.17) is 0 Å². The van der Waals surface area contributed by atoms with E-state index >= 15 is 0 Å².